The highest BCUT2D eigenvalue weighted by atomic mass is 32.2. The van der Waals surface area contributed by atoms with E-state index in [4.69, 9.17) is 5.73 Å². The fourth-order valence-electron chi connectivity index (χ4n) is 1.79. The molecule has 0 unspecified atom stereocenters. The molecular formula is C9H18N2O3S. The molecule has 0 heterocycles. The Morgan fingerprint density at radius 1 is 1.33 bits per heavy atom. The topological polar surface area (TPSA) is 89.3 Å². The number of nitrogens with two attached hydrogens (primary N) is 1. The molecule has 0 aliphatic heterocycles. The summed E-state index contributed by atoms with van der Waals surface area (Å²) >= 11 is 0. The van der Waals surface area contributed by atoms with E-state index in [9.17, 15) is 13.2 Å². The van der Waals surface area contributed by atoms with E-state index in [1.165, 1.54) is 0 Å². The van der Waals surface area contributed by atoms with Crippen LogP contribution >= 0.6 is 0 Å². The molecule has 0 aromatic carbocycles. The maximum absolute atomic E-state index is 11.4. The van der Waals surface area contributed by atoms with E-state index in [2.05, 4.69) is 5.32 Å². The number of sulfone groups is 1. The van der Waals surface area contributed by atoms with Gasteiger partial charge in [-0.2, -0.15) is 0 Å². The zero-order valence-electron chi connectivity index (χ0n) is 8.74. The van der Waals surface area contributed by atoms with Gasteiger partial charge in [-0.1, -0.05) is 12.8 Å². The van der Waals surface area contributed by atoms with Gasteiger partial charge in [0.25, 0.3) is 0 Å². The zero-order chi connectivity index (χ0) is 11.3. The van der Waals surface area contributed by atoms with E-state index in [1.807, 2.05) is 0 Å². The van der Waals surface area contributed by atoms with Crippen LogP contribution in [0.25, 0.3) is 0 Å². The van der Waals surface area contributed by atoms with Gasteiger partial charge in [-0.3, -0.25) is 4.79 Å². The Bertz CT molecular complexity index is 307. The van der Waals surface area contributed by atoms with Gasteiger partial charge in [0, 0.05) is 12.6 Å². The Hall–Kier alpha value is -0.620. The van der Waals surface area contributed by atoms with Crippen LogP contribution < -0.4 is 11.1 Å². The first-order valence-electron chi connectivity index (χ1n) is 5.23. The first-order chi connectivity index (χ1) is 7.03. The number of rotatable bonds is 5. The van der Waals surface area contributed by atoms with Crippen molar-refractivity contribution in [2.75, 3.05) is 18.1 Å². The predicted octanol–water partition coefficient (Wildman–Crippen LogP) is -0.581. The maximum atomic E-state index is 11.4. The minimum Gasteiger partial charge on any atom is -0.352 e. The quantitative estimate of drug-likeness (QED) is 0.666. The molecule has 1 rings (SSSR count). The highest BCUT2D eigenvalue weighted by molar-refractivity contribution is 7.92. The molecule has 5 nitrogen and oxygen atoms in total. The predicted molar refractivity (Wildman–Crippen MR) is 58.1 cm³/mol. The van der Waals surface area contributed by atoms with Gasteiger partial charge in [-0.05, 0) is 12.8 Å². The molecule has 88 valence electrons. The van der Waals surface area contributed by atoms with E-state index in [1.54, 1.807) is 0 Å². The third kappa shape index (κ3) is 4.61. The number of nitrogens with one attached hydrogen (secondary N) is 1. The van der Waals surface area contributed by atoms with Gasteiger partial charge in [-0.15, -0.1) is 0 Å². The lowest BCUT2D eigenvalue weighted by molar-refractivity contribution is -0.119. The van der Waals surface area contributed by atoms with E-state index in [0.717, 1.165) is 25.7 Å². The third-order valence-corrected chi connectivity index (χ3v) is 4.06. The Labute approximate surface area is 90.3 Å². The summed E-state index contributed by atoms with van der Waals surface area (Å²) in [7, 11) is -3.31. The van der Waals surface area contributed by atoms with Crippen LogP contribution in [-0.2, 0) is 14.6 Å². The van der Waals surface area contributed by atoms with Gasteiger partial charge in [-0.25, -0.2) is 8.42 Å². The van der Waals surface area contributed by atoms with Crippen molar-refractivity contribution in [1.82, 2.24) is 5.32 Å². The van der Waals surface area contributed by atoms with E-state index in [-0.39, 0.29) is 18.3 Å². The largest absolute Gasteiger partial charge is 0.352 e. The van der Waals surface area contributed by atoms with Crippen LogP contribution in [0, 0.1) is 0 Å². The van der Waals surface area contributed by atoms with Gasteiger partial charge >= 0.3 is 0 Å². The molecular weight excluding hydrogens is 216 g/mol. The van der Waals surface area contributed by atoms with Crippen LogP contribution in [-0.4, -0.2) is 38.4 Å². The van der Waals surface area contributed by atoms with E-state index >= 15 is 0 Å². The van der Waals surface area contributed by atoms with Crippen LogP contribution in [0.5, 0.6) is 0 Å². The number of carbonyl (C=O) groups excluding carboxylic acids is 1. The van der Waals surface area contributed by atoms with Crippen LogP contribution in [0.2, 0.25) is 0 Å². The zero-order valence-corrected chi connectivity index (χ0v) is 9.55. The Kier molecular flexibility index (Phi) is 4.53. The van der Waals surface area contributed by atoms with Crippen molar-refractivity contribution < 1.29 is 13.2 Å². The lowest BCUT2D eigenvalue weighted by Gasteiger charge is -2.11. The van der Waals surface area contributed by atoms with Gasteiger partial charge in [0.2, 0.25) is 5.91 Å². The number of hydrogen-bond acceptors (Lipinski definition) is 4. The second-order valence-corrected chi connectivity index (χ2v) is 6.11. The molecule has 15 heavy (non-hydrogen) atoms. The first-order valence-corrected chi connectivity index (χ1v) is 7.05. The molecule has 1 aliphatic carbocycles. The number of carbonyl (C=O) groups is 1. The summed E-state index contributed by atoms with van der Waals surface area (Å²) in [4.78, 5) is 11.4. The van der Waals surface area contributed by atoms with Crippen molar-refractivity contribution in [3.63, 3.8) is 0 Å². The molecule has 1 amide bonds. The molecule has 0 aromatic rings. The monoisotopic (exact) mass is 234 g/mol. The molecule has 3 N–H and O–H groups in total. The average Bonchev–Trinajstić information content (AvgIpc) is 2.54. The fraction of sp³-hybridized carbons (Fsp3) is 0.889. The van der Waals surface area contributed by atoms with Crippen molar-refractivity contribution in [2.24, 2.45) is 5.73 Å². The molecule has 0 aromatic heterocycles. The molecule has 0 saturated heterocycles. The van der Waals surface area contributed by atoms with Gasteiger partial charge in [0.15, 0.2) is 9.84 Å². The highest BCUT2D eigenvalue weighted by Gasteiger charge is 2.20. The summed E-state index contributed by atoms with van der Waals surface area (Å²) in [6, 6.07) is 0.172. The van der Waals surface area contributed by atoms with Crippen molar-refractivity contribution in [3.8, 4) is 0 Å². The van der Waals surface area contributed by atoms with Crippen molar-refractivity contribution >= 4 is 15.7 Å². The van der Waals surface area contributed by atoms with E-state index in [0.29, 0.717) is 0 Å². The summed E-state index contributed by atoms with van der Waals surface area (Å²) in [5.74, 6) is -0.943. The summed E-state index contributed by atoms with van der Waals surface area (Å²) < 4.78 is 22.5. The van der Waals surface area contributed by atoms with Gasteiger partial charge in [0.1, 0.15) is 5.75 Å². The normalized spacial score (nSPS) is 17.9. The Balaban J connectivity index is 2.34. The molecule has 0 radical (unpaired) electrons. The summed E-state index contributed by atoms with van der Waals surface area (Å²) in [6.07, 6.45) is 4.15. The molecule has 0 atom stereocenters. The average molecular weight is 234 g/mol. The second-order valence-electron chi connectivity index (χ2n) is 3.93. The number of hydrogen-bond donors (Lipinski definition) is 2. The Morgan fingerprint density at radius 2 is 1.93 bits per heavy atom. The molecule has 1 fully saturated rings. The molecule has 1 saturated carbocycles. The molecule has 1 aliphatic rings. The standard InChI is InChI=1S/C9H18N2O3S/c10-5-6-15(13,14)7-9(12)11-8-3-1-2-4-8/h8H,1-7,10H2,(H,11,12). The molecule has 6 heteroatoms. The minimum atomic E-state index is -3.31. The number of amides is 1. The first kappa shape index (κ1) is 12.4. The maximum Gasteiger partial charge on any atom is 0.235 e. The SMILES string of the molecule is NCCS(=O)(=O)CC(=O)NC1CCCC1. The van der Waals surface area contributed by atoms with Crippen LogP contribution in [0.15, 0.2) is 0 Å². The van der Waals surface area contributed by atoms with Crippen molar-refractivity contribution in [1.29, 1.82) is 0 Å². The van der Waals surface area contributed by atoms with Crippen LogP contribution in [0.3, 0.4) is 0 Å². The molecule has 0 bridgehead atoms. The summed E-state index contributed by atoms with van der Waals surface area (Å²) in [6.45, 7) is 0.0685. The van der Waals surface area contributed by atoms with Gasteiger partial charge in [0.05, 0.1) is 5.75 Å². The minimum absolute atomic E-state index is 0.0685. The summed E-state index contributed by atoms with van der Waals surface area (Å²) in [5.41, 5.74) is 5.14. The lowest BCUT2D eigenvalue weighted by atomic mass is 10.2. The summed E-state index contributed by atoms with van der Waals surface area (Å²) in [5, 5.41) is 2.73. The van der Waals surface area contributed by atoms with Crippen molar-refractivity contribution in [2.45, 2.75) is 31.7 Å². The highest BCUT2D eigenvalue weighted by Crippen LogP contribution is 2.17. The van der Waals surface area contributed by atoms with Crippen LogP contribution in [0.1, 0.15) is 25.7 Å². The smallest absolute Gasteiger partial charge is 0.235 e. The van der Waals surface area contributed by atoms with Gasteiger partial charge < -0.3 is 11.1 Å². The molecule has 0 spiro atoms. The fourth-order valence-corrected chi connectivity index (χ4v) is 2.78. The second kappa shape index (κ2) is 5.46. The Morgan fingerprint density at radius 3 is 2.47 bits per heavy atom. The lowest BCUT2D eigenvalue weighted by Crippen LogP contribution is -2.38. The van der Waals surface area contributed by atoms with Crippen molar-refractivity contribution in [3.05, 3.63) is 0 Å². The van der Waals surface area contributed by atoms with Crippen LogP contribution in [0.4, 0.5) is 0 Å². The third-order valence-electron chi connectivity index (χ3n) is 2.50. The van der Waals surface area contributed by atoms with E-state index < -0.39 is 21.5 Å².